The maximum atomic E-state index is 12.4. The molecule has 0 bridgehead atoms. The van der Waals surface area contributed by atoms with Crippen molar-refractivity contribution in [3.8, 4) is 0 Å². The summed E-state index contributed by atoms with van der Waals surface area (Å²) in [4.78, 5) is 0. The lowest BCUT2D eigenvalue weighted by atomic mass is 10.2. The molecule has 0 fully saturated rings. The maximum absolute atomic E-state index is 12.4. The molecule has 0 rings (SSSR count). The minimum atomic E-state index is -4.45. The van der Waals surface area contributed by atoms with Gasteiger partial charge in [-0.05, 0) is 6.55 Å². The van der Waals surface area contributed by atoms with Crippen LogP contribution in [0.4, 0.5) is 17.6 Å². The summed E-state index contributed by atoms with van der Waals surface area (Å²) in [6, 6.07) is -0.687. The van der Waals surface area contributed by atoms with Crippen molar-refractivity contribution in [2.75, 3.05) is 0 Å². The van der Waals surface area contributed by atoms with Crippen LogP contribution in [-0.2, 0) is 0 Å². The molecule has 1 unspecified atom stereocenters. The Labute approximate surface area is 83.1 Å². The fraction of sp³-hybridized carbons (Fsp3) is 1.00. The Balaban J connectivity index is 4.34. The Kier molecular flexibility index (Phi) is 4.49. The third kappa shape index (κ3) is 4.48. The summed E-state index contributed by atoms with van der Waals surface area (Å²) < 4.78 is 48.1. The lowest BCUT2D eigenvalue weighted by Gasteiger charge is -2.24. The number of hydrogen-bond acceptors (Lipinski definition) is 1. The van der Waals surface area contributed by atoms with E-state index in [1.165, 1.54) is 6.55 Å². The SMILES string of the molecule is C[Si](Cl)(Cl)CC(O)C(F)(F)C(F)F. The molecule has 8 heteroatoms. The zero-order valence-corrected chi connectivity index (χ0v) is 9.09. The molecule has 13 heavy (non-hydrogen) atoms. The average molecular weight is 259 g/mol. The molecule has 0 aliphatic carbocycles. The normalized spacial score (nSPS) is 16.4. The van der Waals surface area contributed by atoms with Gasteiger partial charge in [0.05, 0.1) is 0 Å². The largest absolute Gasteiger partial charge is 0.387 e. The molecule has 80 valence electrons. The van der Waals surface area contributed by atoms with Crippen LogP contribution < -0.4 is 0 Å². The molecule has 0 radical (unpaired) electrons. The second kappa shape index (κ2) is 4.33. The summed E-state index contributed by atoms with van der Waals surface area (Å²) in [6.45, 7) is -1.73. The highest BCUT2D eigenvalue weighted by molar-refractivity contribution is 7.44. The van der Waals surface area contributed by atoms with Crippen molar-refractivity contribution in [1.82, 2.24) is 0 Å². The predicted octanol–water partition coefficient (Wildman–Crippen LogP) is 2.80. The zero-order valence-electron chi connectivity index (χ0n) is 6.58. The Hall–Kier alpha value is 0.477. The van der Waals surface area contributed by atoms with Gasteiger partial charge < -0.3 is 5.11 Å². The number of alkyl halides is 4. The van der Waals surface area contributed by atoms with Gasteiger partial charge in [0.1, 0.15) is 6.10 Å². The Bertz CT molecular complexity index is 172. The van der Waals surface area contributed by atoms with Crippen LogP contribution in [0.25, 0.3) is 0 Å². The molecule has 0 aromatic rings. The zero-order chi connectivity index (χ0) is 10.9. The van der Waals surface area contributed by atoms with Gasteiger partial charge in [-0.25, -0.2) is 8.78 Å². The van der Waals surface area contributed by atoms with Gasteiger partial charge in [0.2, 0.25) is 0 Å². The van der Waals surface area contributed by atoms with Crippen molar-refractivity contribution < 1.29 is 22.7 Å². The van der Waals surface area contributed by atoms with Crippen molar-refractivity contribution >= 4 is 28.9 Å². The van der Waals surface area contributed by atoms with Crippen LogP contribution in [0.2, 0.25) is 12.6 Å². The van der Waals surface area contributed by atoms with Gasteiger partial charge in [0.15, 0.2) is 0 Å². The molecule has 1 atom stereocenters. The standard InChI is InChI=1S/C5H8Cl2F4OSi/c1-13(6,7)2-3(12)5(10,11)4(8)9/h3-4,12H,2H2,1H3. The van der Waals surface area contributed by atoms with Gasteiger partial charge in [-0.3, -0.25) is 0 Å². The number of halogens is 6. The fourth-order valence-corrected chi connectivity index (χ4v) is 2.45. The summed E-state index contributed by atoms with van der Waals surface area (Å²) >= 11 is 10.8. The first-order chi connectivity index (χ1) is 5.57. The van der Waals surface area contributed by atoms with Crippen LogP contribution in [0, 0.1) is 0 Å². The molecule has 0 aliphatic rings. The second-order valence-electron chi connectivity index (χ2n) is 2.77. The quantitative estimate of drug-likeness (QED) is 0.467. The molecule has 0 amide bonds. The van der Waals surface area contributed by atoms with Gasteiger partial charge in [-0.1, -0.05) is 0 Å². The highest BCUT2D eigenvalue weighted by atomic mass is 35.7. The van der Waals surface area contributed by atoms with Gasteiger partial charge in [-0.2, -0.15) is 8.78 Å². The van der Waals surface area contributed by atoms with E-state index in [0.717, 1.165) is 0 Å². The highest BCUT2D eigenvalue weighted by Crippen LogP contribution is 2.33. The van der Waals surface area contributed by atoms with Crippen molar-refractivity contribution in [2.45, 2.75) is 31.0 Å². The molecule has 0 aromatic carbocycles. The molecule has 0 heterocycles. The Morgan fingerprint density at radius 1 is 1.38 bits per heavy atom. The van der Waals surface area contributed by atoms with E-state index in [0.29, 0.717) is 0 Å². The summed E-state index contributed by atoms with van der Waals surface area (Å²) in [5.74, 6) is -4.45. The maximum Gasteiger partial charge on any atom is 0.332 e. The van der Waals surface area contributed by atoms with Crippen molar-refractivity contribution in [3.63, 3.8) is 0 Å². The number of hydrogen-bond donors (Lipinski definition) is 1. The predicted molar refractivity (Wildman–Crippen MR) is 45.1 cm³/mol. The summed E-state index contributed by atoms with van der Waals surface area (Å²) in [5, 5.41) is 8.72. The summed E-state index contributed by atoms with van der Waals surface area (Å²) in [5.41, 5.74) is 0. The first-order valence-corrected chi connectivity index (χ1v) is 8.02. The van der Waals surface area contributed by atoms with Crippen LogP contribution in [-0.4, -0.2) is 30.3 Å². The van der Waals surface area contributed by atoms with Crippen LogP contribution in [0.5, 0.6) is 0 Å². The topological polar surface area (TPSA) is 20.2 Å². The molecule has 0 aromatic heterocycles. The minimum Gasteiger partial charge on any atom is -0.387 e. The summed E-state index contributed by atoms with van der Waals surface area (Å²) in [7, 11) is 0. The molecule has 1 nitrogen and oxygen atoms in total. The lowest BCUT2D eigenvalue weighted by molar-refractivity contribution is -0.185. The first-order valence-electron chi connectivity index (χ1n) is 3.29. The van der Waals surface area contributed by atoms with Crippen LogP contribution in [0.1, 0.15) is 0 Å². The molecular formula is C5H8Cl2F4OSi. The molecule has 0 spiro atoms. The van der Waals surface area contributed by atoms with Crippen molar-refractivity contribution in [1.29, 1.82) is 0 Å². The molecular weight excluding hydrogens is 251 g/mol. The third-order valence-electron chi connectivity index (χ3n) is 1.29. The summed E-state index contributed by atoms with van der Waals surface area (Å²) in [6.07, 6.45) is -6.40. The van der Waals surface area contributed by atoms with Gasteiger partial charge in [0, 0.05) is 6.04 Å². The van der Waals surface area contributed by atoms with Crippen molar-refractivity contribution in [3.05, 3.63) is 0 Å². The van der Waals surface area contributed by atoms with Crippen LogP contribution in [0.3, 0.4) is 0 Å². The van der Waals surface area contributed by atoms with Crippen molar-refractivity contribution in [2.24, 2.45) is 0 Å². The lowest BCUT2D eigenvalue weighted by Crippen LogP contribution is -2.43. The van der Waals surface area contributed by atoms with E-state index in [-0.39, 0.29) is 0 Å². The molecule has 0 saturated heterocycles. The van der Waals surface area contributed by atoms with E-state index in [1.54, 1.807) is 0 Å². The van der Waals surface area contributed by atoms with Gasteiger partial charge >= 0.3 is 12.3 Å². The monoisotopic (exact) mass is 258 g/mol. The highest BCUT2D eigenvalue weighted by Gasteiger charge is 2.50. The number of aliphatic hydroxyl groups excluding tert-OH is 1. The number of aliphatic hydroxyl groups is 1. The molecule has 1 N–H and O–H groups in total. The molecule has 0 aliphatic heterocycles. The van der Waals surface area contributed by atoms with Crippen LogP contribution in [0.15, 0.2) is 0 Å². The third-order valence-corrected chi connectivity index (χ3v) is 3.32. The Morgan fingerprint density at radius 3 is 2.00 bits per heavy atom. The second-order valence-corrected chi connectivity index (χ2v) is 10.9. The van der Waals surface area contributed by atoms with E-state index >= 15 is 0 Å². The smallest absolute Gasteiger partial charge is 0.332 e. The van der Waals surface area contributed by atoms with E-state index < -0.39 is 31.2 Å². The first kappa shape index (κ1) is 13.5. The molecule has 0 saturated carbocycles. The van der Waals surface area contributed by atoms with Gasteiger partial charge in [0.25, 0.3) is 6.69 Å². The number of rotatable bonds is 4. The van der Waals surface area contributed by atoms with E-state index in [2.05, 4.69) is 0 Å². The van der Waals surface area contributed by atoms with E-state index in [9.17, 15) is 17.6 Å². The van der Waals surface area contributed by atoms with Gasteiger partial charge in [-0.15, -0.1) is 22.2 Å². The van der Waals surface area contributed by atoms with E-state index in [4.69, 9.17) is 27.3 Å². The van der Waals surface area contributed by atoms with Crippen LogP contribution >= 0.6 is 22.2 Å². The fourth-order valence-electron chi connectivity index (χ4n) is 0.621. The Morgan fingerprint density at radius 2 is 1.77 bits per heavy atom. The van der Waals surface area contributed by atoms with E-state index in [1.807, 2.05) is 0 Å². The minimum absolute atomic E-state index is 0.687. The average Bonchev–Trinajstić information content (AvgIpc) is 1.82.